The fourth-order valence-corrected chi connectivity index (χ4v) is 0.828. The minimum atomic E-state index is -0.407. The van der Waals surface area contributed by atoms with Crippen molar-refractivity contribution in [1.82, 2.24) is 4.84 Å². The van der Waals surface area contributed by atoms with E-state index in [1.54, 1.807) is 13.0 Å². The average molecular weight is 177 g/mol. The maximum Gasteiger partial charge on any atom is 0.244 e. The van der Waals surface area contributed by atoms with Gasteiger partial charge in [0, 0.05) is 11.6 Å². The second kappa shape index (κ2) is 5.16. The lowest BCUT2D eigenvalue weighted by molar-refractivity contribution is -0.114. The van der Waals surface area contributed by atoms with Crippen molar-refractivity contribution in [3.63, 3.8) is 0 Å². The van der Waals surface area contributed by atoms with E-state index in [-0.39, 0.29) is 6.04 Å². The van der Waals surface area contributed by atoms with Crippen molar-refractivity contribution in [2.45, 2.75) is 26.3 Å². The Morgan fingerprint density at radius 2 is 2.36 bits per heavy atom. The van der Waals surface area contributed by atoms with Crippen LogP contribution in [0.1, 0.15) is 20.3 Å². The normalized spacial score (nSPS) is 14.6. The first-order valence-corrected chi connectivity index (χ1v) is 3.84. The standard InChI is InChI=1S/C7H13ClN2O/c1-3-6(10-8)4-5(2)7(9)11/h4,6,10H,3H2,1-2H3,(H2,9,11). The highest BCUT2D eigenvalue weighted by Crippen LogP contribution is 1.99. The summed E-state index contributed by atoms with van der Waals surface area (Å²) < 4.78 is 0. The first kappa shape index (κ1) is 10.5. The quantitative estimate of drug-likeness (QED) is 0.495. The van der Waals surface area contributed by atoms with E-state index in [0.717, 1.165) is 6.42 Å². The van der Waals surface area contributed by atoms with Gasteiger partial charge in [-0.3, -0.25) is 4.79 Å². The molecule has 1 amide bonds. The second-order valence-corrected chi connectivity index (χ2v) is 2.56. The number of amides is 1. The lowest BCUT2D eigenvalue weighted by atomic mass is 10.1. The van der Waals surface area contributed by atoms with E-state index in [9.17, 15) is 4.79 Å². The molecule has 1 unspecified atom stereocenters. The molecule has 0 aromatic heterocycles. The van der Waals surface area contributed by atoms with Gasteiger partial charge < -0.3 is 5.73 Å². The van der Waals surface area contributed by atoms with Crippen molar-refractivity contribution in [2.75, 3.05) is 0 Å². The predicted molar refractivity (Wildman–Crippen MR) is 46.0 cm³/mol. The highest BCUT2D eigenvalue weighted by atomic mass is 35.5. The molecule has 0 aromatic carbocycles. The molecule has 11 heavy (non-hydrogen) atoms. The highest BCUT2D eigenvalue weighted by Gasteiger charge is 2.02. The summed E-state index contributed by atoms with van der Waals surface area (Å²) in [5.41, 5.74) is 5.55. The number of primary amides is 1. The van der Waals surface area contributed by atoms with Crippen molar-refractivity contribution >= 4 is 17.7 Å². The van der Waals surface area contributed by atoms with Gasteiger partial charge in [0.1, 0.15) is 0 Å². The van der Waals surface area contributed by atoms with Gasteiger partial charge >= 0.3 is 0 Å². The van der Waals surface area contributed by atoms with Crippen molar-refractivity contribution in [3.8, 4) is 0 Å². The van der Waals surface area contributed by atoms with Crippen LogP contribution in [-0.4, -0.2) is 11.9 Å². The number of hydrogen-bond donors (Lipinski definition) is 2. The smallest absolute Gasteiger partial charge is 0.244 e. The fraction of sp³-hybridized carbons (Fsp3) is 0.571. The monoisotopic (exact) mass is 176 g/mol. The third-order valence-corrected chi connectivity index (χ3v) is 1.70. The molecule has 0 saturated carbocycles. The summed E-state index contributed by atoms with van der Waals surface area (Å²) in [5, 5.41) is 0. The number of nitrogens with one attached hydrogen (secondary N) is 1. The highest BCUT2D eigenvalue weighted by molar-refractivity contribution is 6.13. The third-order valence-electron chi connectivity index (χ3n) is 1.42. The Labute approximate surface area is 71.7 Å². The van der Waals surface area contributed by atoms with E-state index in [4.69, 9.17) is 17.5 Å². The molecule has 0 fully saturated rings. The van der Waals surface area contributed by atoms with Gasteiger partial charge in [0.15, 0.2) is 0 Å². The summed E-state index contributed by atoms with van der Waals surface area (Å²) in [6.45, 7) is 3.63. The molecule has 0 aliphatic carbocycles. The van der Waals surface area contributed by atoms with Gasteiger partial charge in [-0.15, -0.1) is 0 Å². The van der Waals surface area contributed by atoms with Gasteiger partial charge in [-0.1, -0.05) is 13.0 Å². The predicted octanol–water partition coefficient (Wildman–Crippen LogP) is 0.940. The molecular weight excluding hydrogens is 164 g/mol. The van der Waals surface area contributed by atoms with Crippen LogP contribution in [0.25, 0.3) is 0 Å². The zero-order valence-electron chi connectivity index (χ0n) is 6.73. The molecule has 0 aliphatic rings. The summed E-state index contributed by atoms with van der Waals surface area (Å²) in [6.07, 6.45) is 2.55. The minimum Gasteiger partial charge on any atom is -0.366 e. The van der Waals surface area contributed by atoms with E-state index in [1.165, 1.54) is 0 Å². The van der Waals surface area contributed by atoms with Crippen LogP contribution >= 0.6 is 11.8 Å². The van der Waals surface area contributed by atoms with Crippen molar-refractivity contribution in [3.05, 3.63) is 11.6 Å². The number of nitrogens with two attached hydrogens (primary N) is 1. The van der Waals surface area contributed by atoms with Crippen molar-refractivity contribution < 1.29 is 4.79 Å². The number of carbonyl (C=O) groups is 1. The Kier molecular flexibility index (Phi) is 4.90. The average Bonchev–Trinajstić information content (AvgIpc) is 1.99. The number of hydrogen-bond acceptors (Lipinski definition) is 2. The van der Waals surface area contributed by atoms with Crippen molar-refractivity contribution in [2.24, 2.45) is 5.73 Å². The molecule has 0 aromatic rings. The maximum absolute atomic E-state index is 10.5. The molecule has 0 aliphatic heterocycles. The van der Waals surface area contributed by atoms with Crippen LogP contribution in [0.3, 0.4) is 0 Å². The summed E-state index contributed by atoms with van der Waals surface area (Å²) in [5.74, 6) is -0.407. The second-order valence-electron chi connectivity index (χ2n) is 2.34. The van der Waals surface area contributed by atoms with Gasteiger partial charge in [0.25, 0.3) is 0 Å². The largest absolute Gasteiger partial charge is 0.366 e. The van der Waals surface area contributed by atoms with Gasteiger partial charge in [-0.25, -0.2) is 4.84 Å². The Morgan fingerprint density at radius 3 is 2.64 bits per heavy atom. The van der Waals surface area contributed by atoms with Crippen LogP contribution < -0.4 is 10.6 Å². The maximum atomic E-state index is 10.5. The zero-order chi connectivity index (χ0) is 8.85. The minimum absolute atomic E-state index is 0.0177. The Bertz CT molecular complexity index is 164. The fourth-order valence-electron chi connectivity index (χ4n) is 0.610. The molecule has 0 rings (SSSR count). The molecule has 0 heterocycles. The van der Waals surface area contributed by atoms with Gasteiger partial charge in [0.05, 0.1) is 0 Å². The number of rotatable bonds is 4. The molecular formula is C7H13ClN2O. The lowest BCUT2D eigenvalue weighted by Gasteiger charge is -2.06. The van der Waals surface area contributed by atoms with Crippen LogP contribution in [0.5, 0.6) is 0 Å². The van der Waals surface area contributed by atoms with Gasteiger partial charge in [0.2, 0.25) is 5.91 Å². The molecule has 4 heteroatoms. The van der Waals surface area contributed by atoms with Crippen LogP contribution in [-0.2, 0) is 4.79 Å². The van der Waals surface area contributed by atoms with Gasteiger partial charge in [-0.05, 0) is 25.1 Å². The van der Waals surface area contributed by atoms with Crippen LogP contribution in [0, 0.1) is 0 Å². The Balaban J connectivity index is 4.14. The van der Waals surface area contributed by atoms with E-state index in [2.05, 4.69) is 4.84 Å². The Morgan fingerprint density at radius 1 is 1.82 bits per heavy atom. The van der Waals surface area contributed by atoms with E-state index < -0.39 is 5.91 Å². The number of carbonyl (C=O) groups excluding carboxylic acids is 1. The summed E-state index contributed by atoms with van der Waals surface area (Å²) in [7, 11) is 0. The van der Waals surface area contributed by atoms with Crippen molar-refractivity contribution in [1.29, 1.82) is 0 Å². The van der Waals surface area contributed by atoms with E-state index >= 15 is 0 Å². The molecule has 1 atom stereocenters. The van der Waals surface area contributed by atoms with Crippen LogP contribution in [0.2, 0.25) is 0 Å². The molecule has 0 saturated heterocycles. The van der Waals surface area contributed by atoms with E-state index in [1.807, 2.05) is 6.92 Å². The topological polar surface area (TPSA) is 55.1 Å². The Hall–Kier alpha value is -0.540. The molecule has 3 N–H and O–H groups in total. The molecule has 3 nitrogen and oxygen atoms in total. The summed E-state index contributed by atoms with van der Waals surface area (Å²) >= 11 is 5.37. The van der Waals surface area contributed by atoms with Crippen LogP contribution in [0.15, 0.2) is 11.6 Å². The van der Waals surface area contributed by atoms with E-state index in [0.29, 0.717) is 5.57 Å². The SMILES string of the molecule is CCC(C=C(C)C(N)=O)NCl. The third kappa shape index (κ3) is 4.01. The first-order valence-electron chi connectivity index (χ1n) is 3.46. The molecule has 0 spiro atoms. The summed E-state index contributed by atoms with van der Waals surface area (Å²) in [4.78, 5) is 13.1. The van der Waals surface area contributed by atoms with Gasteiger partial charge in [-0.2, -0.15) is 0 Å². The molecule has 0 radical (unpaired) electrons. The van der Waals surface area contributed by atoms with Crippen LogP contribution in [0.4, 0.5) is 0 Å². The number of halogens is 1. The summed E-state index contributed by atoms with van der Waals surface area (Å²) in [6, 6.07) is 0.0177. The molecule has 0 bridgehead atoms. The molecule has 64 valence electrons. The first-order chi connectivity index (χ1) is 5.11. The zero-order valence-corrected chi connectivity index (χ0v) is 7.48. The lowest BCUT2D eigenvalue weighted by Crippen LogP contribution is -2.20.